The molecule has 2 aromatic rings. The van der Waals surface area contributed by atoms with Crippen LogP contribution in [0, 0.1) is 0 Å². The lowest BCUT2D eigenvalue weighted by Crippen LogP contribution is -2.53. The van der Waals surface area contributed by atoms with Crippen molar-refractivity contribution in [1.82, 2.24) is 19.8 Å². The second-order valence-electron chi connectivity index (χ2n) is 8.00. The third-order valence-corrected chi connectivity index (χ3v) is 5.97. The number of piperidine rings is 1. The smallest absolute Gasteiger partial charge is 0.147 e. The molecule has 2 aliphatic heterocycles. The Labute approximate surface area is 156 Å². The summed E-state index contributed by atoms with van der Waals surface area (Å²) in [5.41, 5.74) is 3.38. The van der Waals surface area contributed by atoms with Gasteiger partial charge in [0.2, 0.25) is 0 Å². The van der Waals surface area contributed by atoms with Crippen LogP contribution in [0.2, 0.25) is 0 Å². The summed E-state index contributed by atoms with van der Waals surface area (Å²) in [4.78, 5) is 16.1. The van der Waals surface area contributed by atoms with Gasteiger partial charge in [0.15, 0.2) is 0 Å². The van der Waals surface area contributed by atoms with Crippen LogP contribution in [0.15, 0.2) is 42.9 Å². The predicted octanol–water partition coefficient (Wildman–Crippen LogP) is 2.39. The lowest BCUT2D eigenvalue weighted by Gasteiger charge is -2.49. The minimum Gasteiger partial charge on any atom is -0.355 e. The summed E-state index contributed by atoms with van der Waals surface area (Å²) in [5, 5.41) is 0. The first-order valence-electron chi connectivity index (χ1n) is 9.63. The van der Waals surface area contributed by atoms with E-state index >= 15 is 0 Å². The van der Waals surface area contributed by atoms with E-state index in [1.165, 1.54) is 24.9 Å². The topological polar surface area (TPSA) is 35.5 Å². The monoisotopic (exact) mass is 351 g/mol. The molecule has 0 atom stereocenters. The van der Waals surface area contributed by atoms with E-state index in [2.05, 4.69) is 63.0 Å². The summed E-state index contributed by atoms with van der Waals surface area (Å²) in [6.07, 6.45) is 7.78. The Balaban J connectivity index is 1.54. The van der Waals surface area contributed by atoms with Gasteiger partial charge in [0.1, 0.15) is 5.82 Å². The Morgan fingerprint density at radius 3 is 2.65 bits per heavy atom. The number of hydrogen-bond acceptors (Lipinski definition) is 5. The Kier molecular flexibility index (Phi) is 4.92. The molecule has 5 nitrogen and oxygen atoms in total. The quantitative estimate of drug-likeness (QED) is 0.845. The van der Waals surface area contributed by atoms with Crippen LogP contribution in [0.25, 0.3) is 0 Å². The number of hydrogen-bond donors (Lipinski definition) is 0. The van der Waals surface area contributed by atoms with Gasteiger partial charge >= 0.3 is 0 Å². The molecule has 1 aromatic carbocycles. The fourth-order valence-electron chi connectivity index (χ4n) is 4.53. The van der Waals surface area contributed by atoms with Gasteiger partial charge < -0.3 is 9.80 Å². The van der Waals surface area contributed by atoms with Crippen LogP contribution in [0.5, 0.6) is 0 Å². The van der Waals surface area contributed by atoms with Crippen LogP contribution < -0.4 is 4.90 Å². The van der Waals surface area contributed by atoms with Crippen molar-refractivity contribution in [2.45, 2.75) is 24.8 Å². The summed E-state index contributed by atoms with van der Waals surface area (Å²) >= 11 is 0. The van der Waals surface area contributed by atoms with E-state index in [1.807, 2.05) is 6.20 Å². The van der Waals surface area contributed by atoms with Crippen molar-refractivity contribution in [2.75, 3.05) is 51.7 Å². The van der Waals surface area contributed by atoms with Gasteiger partial charge in [-0.1, -0.05) is 24.3 Å². The van der Waals surface area contributed by atoms with Gasteiger partial charge in [-0.15, -0.1) is 0 Å². The lowest BCUT2D eigenvalue weighted by atomic mass is 9.69. The maximum absolute atomic E-state index is 4.49. The molecule has 0 amide bonds. The molecule has 1 spiro atoms. The van der Waals surface area contributed by atoms with E-state index < -0.39 is 0 Å². The molecule has 1 aromatic heterocycles. The molecule has 0 N–H and O–H groups in total. The second kappa shape index (κ2) is 7.33. The van der Waals surface area contributed by atoms with E-state index in [0.717, 1.165) is 38.5 Å². The highest BCUT2D eigenvalue weighted by Gasteiger charge is 2.41. The van der Waals surface area contributed by atoms with Crippen LogP contribution in [0.3, 0.4) is 0 Å². The van der Waals surface area contributed by atoms with Crippen molar-refractivity contribution in [3.63, 3.8) is 0 Å². The number of anilines is 1. The maximum atomic E-state index is 4.49. The molecule has 0 bridgehead atoms. The summed E-state index contributed by atoms with van der Waals surface area (Å²) in [7, 11) is 4.32. The fourth-order valence-corrected chi connectivity index (χ4v) is 4.53. The minimum absolute atomic E-state index is 0.278. The zero-order valence-corrected chi connectivity index (χ0v) is 15.9. The number of aromatic nitrogens is 2. The first-order valence-corrected chi connectivity index (χ1v) is 9.63. The van der Waals surface area contributed by atoms with E-state index in [4.69, 9.17) is 0 Å². The summed E-state index contributed by atoms with van der Waals surface area (Å²) in [5.74, 6) is 1.01. The predicted molar refractivity (Wildman–Crippen MR) is 105 cm³/mol. The first-order chi connectivity index (χ1) is 12.7. The van der Waals surface area contributed by atoms with Crippen molar-refractivity contribution in [3.8, 4) is 0 Å². The van der Waals surface area contributed by atoms with Gasteiger partial charge in [0.05, 0.1) is 6.20 Å². The Morgan fingerprint density at radius 1 is 1.12 bits per heavy atom. The largest absolute Gasteiger partial charge is 0.355 e. The van der Waals surface area contributed by atoms with Gasteiger partial charge in [-0.05, 0) is 38.1 Å². The number of benzene rings is 1. The Bertz CT molecular complexity index is 722. The fraction of sp³-hybridized carbons (Fsp3) is 0.524. The molecule has 0 saturated carbocycles. The minimum atomic E-state index is 0.278. The molecule has 0 aliphatic carbocycles. The Hall–Kier alpha value is -1.98. The van der Waals surface area contributed by atoms with Crippen LogP contribution in [0.4, 0.5) is 5.82 Å². The van der Waals surface area contributed by atoms with Crippen LogP contribution in [-0.4, -0.2) is 66.6 Å². The average Bonchev–Trinajstić information content (AvgIpc) is 2.68. The van der Waals surface area contributed by atoms with Crippen molar-refractivity contribution in [1.29, 1.82) is 0 Å². The number of rotatable bonds is 4. The van der Waals surface area contributed by atoms with Crippen molar-refractivity contribution in [2.24, 2.45) is 0 Å². The molecule has 138 valence electrons. The summed E-state index contributed by atoms with van der Waals surface area (Å²) in [6, 6.07) is 9.10. The summed E-state index contributed by atoms with van der Waals surface area (Å²) in [6.45, 7) is 6.61. The highest BCUT2D eigenvalue weighted by atomic mass is 15.2. The molecule has 26 heavy (non-hydrogen) atoms. The zero-order chi connectivity index (χ0) is 18.0. The molecule has 5 heteroatoms. The highest BCUT2D eigenvalue weighted by molar-refractivity contribution is 5.42. The molecule has 0 radical (unpaired) electrons. The van der Waals surface area contributed by atoms with Crippen molar-refractivity contribution in [3.05, 3.63) is 54.0 Å². The van der Waals surface area contributed by atoms with E-state index in [9.17, 15) is 0 Å². The maximum Gasteiger partial charge on any atom is 0.147 e. The molecule has 4 rings (SSSR count). The molecule has 3 heterocycles. The second-order valence-corrected chi connectivity index (χ2v) is 8.00. The molecule has 1 fully saturated rings. The van der Waals surface area contributed by atoms with Gasteiger partial charge in [0, 0.05) is 57.1 Å². The molecule has 1 saturated heterocycles. The van der Waals surface area contributed by atoms with E-state index in [0.29, 0.717) is 0 Å². The molecular formula is C21H29N5. The van der Waals surface area contributed by atoms with Crippen molar-refractivity contribution >= 4 is 5.82 Å². The number of nitrogens with zero attached hydrogens (tertiary/aromatic N) is 5. The Morgan fingerprint density at radius 2 is 1.92 bits per heavy atom. The van der Waals surface area contributed by atoms with Crippen molar-refractivity contribution < 1.29 is 0 Å². The third-order valence-electron chi connectivity index (χ3n) is 5.97. The van der Waals surface area contributed by atoms with Crippen LogP contribution in [-0.2, 0) is 12.0 Å². The van der Waals surface area contributed by atoms with E-state index in [-0.39, 0.29) is 5.41 Å². The average molecular weight is 351 g/mol. The SMILES string of the molecule is CN(C)CCN1Cc2ccccc2C2(CCN(c3cnccn3)CC2)C1. The normalized spacial score (nSPS) is 19.7. The van der Waals surface area contributed by atoms with Gasteiger partial charge in [-0.3, -0.25) is 9.88 Å². The van der Waals surface area contributed by atoms with Crippen LogP contribution in [0.1, 0.15) is 24.0 Å². The zero-order valence-electron chi connectivity index (χ0n) is 15.9. The van der Waals surface area contributed by atoms with Gasteiger partial charge in [-0.25, -0.2) is 4.98 Å². The van der Waals surface area contributed by atoms with Crippen LogP contribution >= 0.6 is 0 Å². The standard InChI is InChI=1S/C21H29N5/c1-24(2)13-14-25-16-18-5-3-4-6-19(18)21(17-25)7-11-26(12-8-21)20-15-22-9-10-23-20/h3-6,9-10,15H,7-8,11-14,16-17H2,1-2H3. The van der Waals surface area contributed by atoms with E-state index in [1.54, 1.807) is 18.0 Å². The lowest BCUT2D eigenvalue weighted by molar-refractivity contribution is 0.142. The number of likely N-dealkylation sites (N-methyl/N-ethyl adjacent to an activating group) is 1. The third kappa shape index (κ3) is 3.46. The first kappa shape index (κ1) is 17.4. The molecule has 2 aliphatic rings. The number of fused-ring (bicyclic) bond motifs is 2. The summed E-state index contributed by atoms with van der Waals surface area (Å²) < 4.78 is 0. The van der Waals surface area contributed by atoms with Gasteiger partial charge in [0.25, 0.3) is 0 Å². The molecular weight excluding hydrogens is 322 g/mol. The van der Waals surface area contributed by atoms with Gasteiger partial charge in [-0.2, -0.15) is 0 Å². The molecule has 0 unspecified atom stereocenters. The highest BCUT2D eigenvalue weighted by Crippen LogP contribution is 2.42.